The number of imidazole rings is 1. The van der Waals surface area contributed by atoms with E-state index in [-0.39, 0.29) is 0 Å². The van der Waals surface area contributed by atoms with Crippen LogP contribution in [-0.4, -0.2) is 44.4 Å². The molecule has 0 bridgehead atoms. The van der Waals surface area contributed by atoms with Crippen molar-refractivity contribution in [1.82, 2.24) is 30.2 Å². The number of unbranched alkanes of at least 4 members (excludes halogenated alkanes) is 1. The van der Waals surface area contributed by atoms with Gasteiger partial charge in [-0.1, -0.05) is 49.7 Å². The molecule has 0 aliphatic rings. The number of aromatic nitrogens is 7. The SMILES string of the molecule is CCCCc1nc(C(OC)OC)cn1Cc1ccc(-c2ccccc2-c2nnn[nH]2)c(-c2cccc[n+]2[O-])c1. The van der Waals surface area contributed by atoms with Crippen LogP contribution in [0.4, 0.5) is 0 Å². The van der Waals surface area contributed by atoms with Gasteiger partial charge >= 0.3 is 0 Å². The number of aryl methyl sites for hydroxylation is 1. The maximum Gasteiger partial charge on any atom is 0.224 e. The van der Waals surface area contributed by atoms with Crippen LogP contribution < -0.4 is 4.73 Å². The van der Waals surface area contributed by atoms with Crippen LogP contribution in [0.15, 0.2) is 73.1 Å². The van der Waals surface area contributed by atoms with Crippen LogP contribution in [0.5, 0.6) is 0 Å². The fourth-order valence-electron chi connectivity index (χ4n) is 4.77. The predicted molar refractivity (Wildman–Crippen MR) is 146 cm³/mol. The molecule has 0 saturated heterocycles. The molecular weight excluding hydrogens is 494 g/mol. The number of pyridine rings is 1. The van der Waals surface area contributed by atoms with Gasteiger partial charge < -0.3 is 19.2 Å². The van der Waals surface area contributed by atoms with Gasteiger partial charge in [-0.05, 0) is 45.7 Å². The fourth-order valence-corrected chi connectivity index (χ4v) is 4.77. The van der Waals surface area contributed by atoms with E-state index in [1.165, 1.54) is 6.20 Å². The highest BCUT2D eigenvalue weighted by molar-refractivity contribution is 5.89. The summed E-state index contributed by atoms with van der Waals surface area (Å²) in [5.74, 6) is 1.53. The lowest BCUT2D eigenvalue weighted by Crippen LogP contribution is -2.28. The highest BCUT2D eigenvalue weighted by Gasteiger charge is 2.20. The molecule has 0 atom stereocenters. The van der Waals surface area contributed by atoms with Gasteiger partial charge in [0.1, 0.15) is 11.5 Å². The minimum Gasteiger partial charge on any atom is -0.618 e. The number of nitrogens with zero attached hydrogens (tertiary/aromatic N) is 6. The van der Waals surface area contributed by atoms with Crippen LogP contribution in [0.25, 0.3) is 33.8 Å². The Morgan fingerprint density at radius 1 is 0.974 bits per heavy atom. The molecule has 39 heavy (non-hydrogen) atoms. The van der Waals surface area contributed by atoms with Crippen LogP contribution >= 0.6 is 0 Å². The Morgan fingerprint density at radius 2 is 1.74 bits per heavy atom. The first-order chi connectivity index (χ1) is 19.1. The van der Waals surface area contributed by atoms with Crippen molar-refractivity contribution in [2.75, 3.05) is 14.2 Å². The van der Waals surface area contributed by atoms with E-state index in [0.717, 1.165) is 63.3 Å². The number of benzene rings is 2. The maximum absolute atomic E-state index is 12.9. The Hall–Kier alpha value is -4.41. The molecule has 1 N–H and O–H groups in total. The molecule has 2 aromatic carbocycles. The van der Waals surface area contributed by atoms with Crippen LogP contribution in [0.3, 0.4) is 0 Å². The molecule has 0 saturated carbocycles. The molecule has 0 fully saturated rings. The number of H-pyrrole nitrogens is 1. The summed E-state index contributed by atoms with van der Waals surface area (Å²) in [5, 5.41) is 27.4. The number of nitrogens with one attached hydrogen (secondary N) is 1. The fraction of sp³-hybridized carbons (Fsp3) is 0.276. The molecule has 3 aromatic heterocycles. The second kappa shape index (κ2) is 12.0. The average Bonchev–Trinajstić information content (AvgIpc) is 3.64. The van der Waals surface area contributed by atoms with Gasteiger partial charge in [-0.25, -0.2) is 10.1 Å². The van der Waals surface area contributed by atoms with Crippen molar-refractivity contribution >= 4 is 0 Å². The molecular formula is C29H31N7O3. The molecule has 10 nitrogen and oxygen atoms in total. The standard InChI is InChI=1S/C29H31N7O3/c1-4-5-13-27-30-25(29(38-2)39-3)19-35(27)18-20-14-15-22(24(17-20)26-12-8-9-16-36(26)37)21-10-6-7-11-23(21)28-31-33-34-32-28/h6-12,14-17,19,29H,4-5,13,18H2,1-3H3,(H,31,32,33,34). The molecule has 0 aliphatic carbocycles. The quantitative estimate of drug-likeness (QED) is 0.151. The Kier molecular flexibility index (Phi) is 8.04. The van der Waals surface area contributed by atoms with Gasteiger partial charge in [-0.2, -0.15) is 4.73 Å². The molecule has 0 aliphatic heterocycles. The second-order valence-electron chi connectivity index (χ2n) is 9.20. The lowest BCUT2D eigenvalue weighted by molar-refractivity contribution is -0.593. The van der Waals surface area contributed by atoms with E-state index in [2.05, 4.69) is 50.3 Å². The summed E-state index contributed by atoms with van der Waals surface area (Å²) in [5.41, 5.74) is 5.79. The third-order valence-corrected chi connectivity index (χ3v) is 6.66. The van der Waals surface area contributed by atoms with Crippen LogP contribution in [-0.2, 0) is 22.4 Å². The highest BCUT2D eigenvalue weighted by atomic mass is 16.7. The Bertz CT molecular complexity index is 1530. The zero-order chi connectivity index (χ0) is 27.2. The van der Waals surface area contributed by atoms with Crippen molar-refractivity contribution in [1.29, 1.82) is 0 Å². The summed E-state index contributed by atoms with van der Waals surface area (Å²) in [7, 11) is 3.21. The van der Waals surface area contributed by atoms with E-state index in [9.17, 15) is 5.21 Å². The zero-order valence-electron chi connectivity index (χ0n) is 22.2. The summed E-state index contributed by atoms with van der Waals surface area (Å²) in [6.07, 6.45) is 5.90. The van der Waals surface area contributed by atoms with Gasteiger partial charge in [0.05, 0.1) is 5.56 Å². The van der Waals surface area contributed by atoms with Gasteiger partial charge in [0.25, 0.3) is 0 Å². The van der Waals surface area contributed by atoms with E-state index < -0.39 is 6.29 Å². The monoisotopic (exact) mass is 525 g/mol. The van der Waals surface area contributed by atoms with Crippen molar-refractivity contribution in [3.05, 3.63) is 95.3 Å². The Balaban J connectivity index is 1.61. The number of aromatic amines is 1. The highest BCUT2D eigenvalue weighted by Crippen LogP contribution is 2.37. The third-order valence-electron chi connectivity index (χ3n) is 6.66. The smallest absolute Gasteiger partial charge is 0.224 e. The number of ether oxygens (including phenoxy) is 2. The van der Waals surface area contributed by atoms with E-state index >= 15 is 0 Å². The molecule has 0 spiro atoms. The second-order valence-corrected chi connectivity index (χ2v) is 9.20. The number of methoxy groups -OCH3 is 2. The minimum absolute atomic E-state index is 0.532. The summed E-state index contributed by atoms with van der Waals surface area (Å²) < 4.78 is 13.9. The van der Waals surface area contributed by atoms with Crippen molar-refractivity contribution in [2.45, 2.75) is 39.0 Å². The number of rotatable bonds is 11. The lowest BCUT2D eigenvalue weighted by atomic mass is 9.92. The van der Waals surface area contributed by atoms with Crippen molar-refractivity contribution in [3.63, 3.8) is 0 Å². The van der Waals surface area contributed by atoms with E-state index in [1.807, 2.05) is 42.6 Å². The molecule has 5 aromatic rings. The van der Waals surface area contributed by atoms with E-state index in [4.69, 9.17) is 14.5 Å². The molecule has 10 heteroatoms. The van der Waals surface area contributed by atoms with Gasteiger partial charge in [0, 0.05) is 51.1 Å². The van der Waals surface area contributed by atoms with Crippen molar-refractivity contribution in [2.24, 2.45) is 0 Å². The lowest BCUT2D eigenvalue weighted by Gasteiger charge is -2.15. The van der Waals surface area contributed by atoms with E-state index in [1.54, 1.807) is 20.3 Å². The van der Waals surface area contributed by atoms with Crippen molar-refractivity contribution in [3.8, 4) is 33.8 Å². The number of tetrazole rings is 1. The summed E-state index contributed by atoms with van der Waals surface area (Å²) in [6.45, 7) is 2.75. The van der Waals surface area contributed by atoms with Gasteiger partial charge in [0.15, 0.2) is 12.0 Å². The molecule has 0 radical (unpaired) electrons. The first-order valence-corrected chi connectivity index (χ1v) is 12.9. The average molecular weight is 526 g/mol. The Morgan fingerprint density at radius 3 is 2.46 bits per heavy atom. The predicted octanol–water partition coefficient (Wildman–Crippen LogP) is 4.71. The number of hydrogen-bond acceptors (Lipinski definition) is 7. The van der Waals surface area contributed by atoms with Gasteiger partial charge in [0.2, 0.25) is 12.0 Å². The van der Waals surface area contributed by atoms with Crippen LogP contribution in [0.1, 0.15) is 43.1 Å². The van der Waals surface area contributed by atoms with Crippen molar-refractivity contribution < 1.29 is 14.2 Å². The molecule has 200 valence electrons. The summed E-state index contributed by atoms with van der Waals surface area (Å²) in [6, 6.07) is 19.5. The third kappa shape index (κ3) is 5.57. The first-order valence-electron chi connectivity index (χ1n) is 12.9. The van der Waals surface area contributed by atoms with Crippen LogP contribution in [0.2, 0.25) is 0 Å². The zero-order valence-corrected chi connectivity index (χ0v) is 22.2. The molecule has 0 unspecified atom stereocenters. The van der Waals surface area contributed by atoms with Crippen LogP contribution in [0, 0.1) is 5.21 Å². The summed E-state index contributed by atoms with van der Waals surface area (Å²) >= 11 is 0. The molecule has 5 rings (SSSR count). The topological polar surface area (TPSA) is 118 Å². The van der Waals surface area contributed by atoms with Gasteiger partial charge in [-0.3, -0.25) is 0 Å². The van der Waals surface area contributed by atoms with E-state index in [0.29, 0.717) is 18.1 Å². The molecule has 0 amide bonds. The minimum atomic E-state index is -0.532. The summed E-state index contributed by atoms with van der Waals surface area (Å²) in [4.78, 5) is 4.82. The Labute approximate surface area is 226 Å². The first kappa shape index (κ1) is 26.2. The van der Waals surface area contributed by atoms with Gasteiger partial charge in [-0.15, -0.1) is 5.10 Å². The maximum atomic E-state index is 12.9. The normalized spacial score (nSPS) is 11.4. The number of hydrogen-bond donors (Lipinski definition) is 1. The molecule has 3 heterocycles. The largest absolute Gasteiger partial charge is 0.618 e.